The first kappa shape index (κ1) is 14.6. The molecule has 0 aliphatic carbocycles. The van der Waals surface area contributed by atoms with Gasteiger partial charge in [-0.2, -0.15) is 10.2 Å². The van der Waals surface area contributed by atoms with Crippen LogP contribution in [0.5, 0.6) is 0 Å². The van der Waals surface area contributed by atoms with Crippen LogP contribution in [-0.4, -0.2) is 39.0 Å². The average Bonchev–Trinajstić information content (AvgIpc) is 2.99. The Morgan fingerprint density at radius 3 is 2.77 bits per heavy atom. The molecule has 0 radical (unpaired) electrons. The van der Waals surface area contributed by atoms with Crippen molar-refractivity contribution in [2.24, 2.45) is 7.05 Å². The van der Waals surface area contributed by atoms with Crippen LogP contribution in [0.15, 0.2) is 0 Å². The Hall–Kier alpha value is -2.35. The molecule has 0 bridgehead atoms. The summed E-state index contributed by atoms with van der Waals surface area (Å²) in [6, 6.07) is 0. The summed E-state index contributed by atoms with van der Waals surface area (Å²) < 4.78 is 6.30. The number of H-pyrrole nitrogens is 1. The zero-order valence-electron chi connectivity index (χ0n) is 12.2. The van der Waals surface area contributed by atoms with Crippen molar-refractivity contribution in [3.05, 3.63) is 27.7 Å². The van der Waals surface area contributed by atoms with Gasteiger partial charge in [-0.05, 0) is 6.92 Å². The highest BCUT2D eigenvalue weighted by Crippen LogP contribution is 2.41. The van der Waals surface area contributed by atoms with Gasteiger partial charge in [-0.25, -0.2) is 4.79 Å². The number of rotatable bonds is 2. The molecule has 0 spiro atoms. The molecular weight excluding hydrogens is 310 g/mol. The number of aryl methyl sites for hydroxylation is 2. The Bertz CT molecular complexity index is 779. The van der Waals surface area contributed by atoms with Gasteiger partial charge in [0.1, 0.15) is 10.8 Å². The van der Waals surface area contributed by atoms with Crippen LogP contribution in [0.3, 0.4) is 0 Å². The quantitative estimate of drug-likeness (QED) is 0.813. The number of ether oxygens (including phenoxy) is 1. The Morgan fingerprint density at radius 2 is 2.18 bits per heavy atom. The highest BCUT2D eigenvalue weighted by molar-refractivity contribution is 6.30. The number of nitrogens with zero attached hydrogens (tertiary/aromatic N) is 3. The molecule has 8 nitrogen and oxygen atoms in total. The summed E-state index contributed by atoms with van der Waals surface area (Å²) in [6.45, 7) is 1.81. The normalized spacial score (nSPS) is 17.1. The smallest absolute Gasteiger partial charge is 0.356 e. The number of hydrogen-bond donors (Lipinski definition) is 2. The summed E-state index contributed by atoms with van der Waals surface area (Å²) in [4.78, 5) is 23.9. The highest BCUT2D eigenvalue weighted by atomic mass is 35.5. The number of carbonyl (C=O) groups excluding carboxylic acids is 2. The fraction of sp³-hybridized carbons (Fsp3) is 0.385. The number of halogens is 1. The van der Waals surface area contributed by atoms with Crippen molar-refractivity contribution in [2.75, 3.05) is 12.4 Å². The lowest BCUT2D eigenvalue weighted by Crippen LogP contribution is -2.25. The number of amides is 1. The third kappa shape index (κ3) is 2.07. The SMILES string of the molecule is COC(=O)c1[nH]nc2c1C(c1c(C)nn(C)c1Cl)CC(=O)N2. The van der Waals surface area contributed by atoms with Gasteiger partial charge in [0.2, 0.25) is 5.91 Å². The Balaban J connectivity index is 2.20. The fourth-order valence-corrected chi connectivity index (χ4v) is 3.11. The highest BCUT2D eigenvalue weighted by Gasteiger charge is 2.37. The van der Waals surface area contributed by atoms with E-state index >= 15 is 0 Å². The molecule has 1 amide bonds. The molecule has 0 aromatic carbocycles. The molecule has 1 atom stereocenters. The van der Waals surface area contributed by atoms with E-state index in [2.05, 4.69) is 20.6 Å². The molecule has 1 unspecified atom stereocenters. The van der Waals surface area contributed by atoms with Gasteiger partial charge in [-0.3, -0.25) is 14.6 Å². The van der Waals surface area contributed by atoms with Gasteiger partial charge in [0.25, 0.3) is 0 Å². The van der Waals surface area contributed by atoms with Crippen molar-refractivity contribution in [1.82, 2.24) is 20.0 Å². The largest absolute Gasteiger partial charge is 0.464 e. The molecule has 2 aromatic rings. The van der Waals surface area contributed by atoms with E-state index in [1.807, 2.05) is 6.92 Å². The minimum atomic E-state index is -0.549. The predicted molar refractivity (Wildman–Crippen MR) is 78.0 cm³/mol. The van der Waals surface area contributed by atoms with Crippen LogP contribution in [0, 0.1) is 6.92 Å². The van der Waals surface area contributed by atoms with Crippen LogP contribution in [-0.2, 0) is 16.6 Å². The van der Waals surface area contributed by atoms with Gasteiger partial charge in [-0.1, -0.05) is 11.6 Å². The second kappa shape index (κ2) is 5.13. The van der Waals surface area contributed by atoms with E-state index in [9.17, 15) is 9.59 Å². The minimum absolute atomic E-state index is 0.156. The summed E-state index contributed by atoms with van der Waals surface area (Å²) in [5.41, 5.74) is 2.20. The van der Waals surface area contributed by atoms with Gasteiger partial charge in [0.05, 0.1) is 12.8 Å². The molecule has 2 aromatic heterocycles. The first-order valence-corrected chi connectivity index (χ1v) is 6.97. The van der Waals surface area contributed by atoms with Gasteiger partial charge >= 0.3 is 5.97 Å². The summed E-state index contributed by atoms with van der Waals surface area (Å²) in [6.07, 6.45) is 0.156. The first-order chi connectivity index (χ1) is 10.4. The summed E-state index contributed by atoms with van der Waals surface area (Å²) in [5.74, 6) is -0.828. The number of hydrogen-bond acceptors (Lipinski definition) is 5. The van der Waals surface area contributed by atoms with Crippen LogP contribution >= 0.6 is 11.6 Å². The van der Waals surface area contributed by atoms with Crippen LogP contribution in [0.1, 0.15) is 39.6 Å². The van der Waals surface area contributed by atoms with E-state index in [-0.39, 0.29) is 18.0 Å². The van der Waals surface area contributed by atoms with Crippen LogP contribution in [0.4, 0.5) is 5.82 Å². The number of aromatic amines is 1. The topological polar surface area (TPSA) is 102 Å². The number of methoxy groups -OCH3 is 1. The van der Waals surface area contributed by atoms with Gasteiger partial charge in [0.15, 0.2) is 5.82 Å². The Labute approximate surface area is 130 Å². The third-order valence-corrected chi connectivity index (χ3v) is 4.18. The monoisotopic (exact) mass is 323 g/mol. The maximum absolute atomic E-state index is 11.9. The Kier molecular flexibility index (Phi) is 3.40. The van der Waals surface area contributed by atoms with Crippen LogP contribution in [0.2, 0.25) is 5.15 Å². The number of esters is 1. The lowest BCUT2D eigenvalue weighted by atomic mass is 9.86. The Morgan fingerprint density at radius 1 is 1.45 bits per heavy atom. The molecular formula is C13H14ClN5O3. The first-order valence-electron chi connectivity index (χ1n) is 6.59. The molecule has 1 aliphatic rings. The molecule has 9 heteroatoms. The number of nitrogens with one attached hydrogen (secondary N) is 2. The molecule has 2 N–H and O–H groups in total. The van der Waals surface area contributed by atoms with Crippen molar-refractivity contribution >= 4 is 29.3 Å². The molecule has 22 heavy (non-hydrogen) atoms. The molecule has 3 heterocycles. The second-order valence-corrected chi connectivity index (χ2v) is 5.43. The van der Waals surface area contributed by atoms with Gasteiger partial charge in [0, 0.05) is 30.5 Å². The molecule has 0 fully saturated rings. The van der Waals surface area contributed by atoms with E-state index in [0.29, 0.717) is 27.8 Å². The van der Waals surface area contributed by atoms with E-state index in [4.69, 9.17) is 16.3 Å². The van der Waals surface area contributed by atoms with Gasteiger partial charge in [-0.15, -0.1) is 0 Å². The third-order valence-electron chi connectivity index (χ3n) is 3.73. The maximum atomic E-state index is 11.9. The lowest BCUT2D eigenvalue weighted by molar-refractivity contribution is -0.116. The summed E-state index contributed by atoms with van der Waals surface area (Å²) in [5, 5.41) is 14.0. The predicted octanol–water partition coefficient (Wildman–Crippen LogP) is 1.37. The molecule has 0 saturated heterocycles. The van der Waals surface area contributed by atoms with Crippen LogP contribution < -0.4 is 5.32 Å². The fourth-order valence-electron chi connectivity index (χ4n) is 2.80. The van der Waals surface area contributed by atoms with E-state index in [1.165, 1.54) is 11.8 Å². The summed E-state index contributed by atoms with van der Waals surface area (Å²) in [7, 11) is 3.01. The molecule has 1 aliphatic heterocycles. The lowest BCUT2D eigenvalue weighted by Gasteiger charge is -2.22. The number of anilines is 1. The second-order valence-electron chi connectivity index (χ2n) is 5.07. The van der Waals surface area contributed by atoms with Gasteiger partial charge < -0.3 is 10.1 Å². The average molecular weight is 324 g/mol. The van der Waals surface area contributed by atoms with E-state index < -0.39 is 11.9 Å². The molecule has 116 valence electrons. The standard InChI is InChI=1S/C13H14ClN5O3/c1-5-8(11(14)19(2)18-5)6-4-7(20)15-12-9(6)10(16-17-12)13(21)22-3/h6H,4H2,1-3H3,(H2,15,16,17,20). The van der Waals surface area contributed by atoms with Crippen molar-refractivity contribution < 1.29 is 14.3 Å². The van der Waals surface area contributed by atoms with Crippen molar-refractivity contribution in [3.63, 3.8) is 0 Å². The van der Waals surface area contributed by atoms with E-state index in [1.54, 1.807) is 7.05 Å². The van der Waals surface area contributed by atoms with Crippen molar-refractivity contribution in [3.8, 4) is 0 Å². The van der Waals surface area contributed by atoms with Crippen molar-refractivity contribution in [2.45, 2.75) is 19.3 Å². The maximum Gasteiger partial charge on any atom is 0.356 e. The zero-order chi connectivity index (χ0) is 16.0. The zero-order valence-corrected chi connectivity index (χ0v) is 13.0. The number of carbonyl (C=O) groups is 2. The number of fused-ring (bicyclic) bond motifs is 1. The van der Waals surface area contributed by atoms with E-state index in [0.717, 1.165) is 0 Å². The van der Waals surface area contributed by atoms with Crippen molar-refractivity contribution in [1.29, 1.82) is 0 Å². The van der Waals surface area contributed by atoms with Crippen LogP contribution in [0.25, 0.3) is 0 Å². The number of aromatic nitrogens is 4. The summed E-state index contributed by atoms with van der Waals surface area (Å²) >= 11 is 6.32. The minimum Gasteiger partial charge on any atom is -0.464 e. The molecule has 3 rings (SSSR count). The molecule has 0 saturated carbocycles.